The summed E-state index contributed by atoms with van der Waals surface area (Å²) in [7, 11) is 0. The second-order valence-electron chi connectivity index (χ2n) is 11.1. The second kappa shape index (κ2) is 7.64. The van der Waals surface area contributed by atoms with Gasteiger partial charge < -0.3 is 28.4 Å². The largest absolute Gasteiger partial charge is 0.462 e. The minimum absolute atomic E-state index is 0.307. The summed E-state index contributed by atoms with van der Waals surface area (Å²) in [4.78, 5) is 50.0. The SMILES string of the molecule is CC(=O)O[C@H]1/C=C\C(C)=C/[C@@H]2OC(=O)C3(C)O[C@@]23[C@@H](OC(C)=O)[C@H]2[C@]3(C)O[C@@H]3C[C@H](OC(C)=O)[C@]12C. The lowest BCUT2D eigenvalue weighted by Gasteiger charge is -2.53. The molecule has 0 amide bonds. The first-order chi connectivity index (χ1) is 16.7. The lowest BCUT2D eigenvalue weighted by Crippen LogP contribution is -2.66. The molecule has 3 saturated heterocycles. The van der Waals surface area contributed by atoms with Crippen LogP contribution in [0, 0.1) is 11.3 Å². The van der Waals surface area contributed by atoms with E-state index in [4.69, 9.17) is 28.4 Å². The number of hydrogen-bond acceptors (Lipinski definition) is 10. The number of esters is 4. The van der Waals surface area contributed by atoms with E-state index in [0.29, 0.717) is 6.42 Å². The summed E-state index contributed by atoms with van der Waals surface area (Å²) < 4.78 is 35.8. The molecule has 10 atom stereocenters. The van der Waals surface area contributed by atoms with Crippen LogP contribution in [-0.4, -0.2) is 71.2 Å². The Hall–Kier alpha value is -2.72. The van der Waals surface area contributed by atoms with Gasteiger partial charge in [-0.05, 0) is 32.9 Å². The van der Waals surface area contributed by atoms with Crippen LogP contribution in [-0.2, 0) is 47.6 Å². The zero-order chi connectivity index (χ0) is 26.4. The smallest absolute Gasteiger partial charge is 0.342 e. The van der Waals surface area contributed by atoms with Gasteiger partial charge in [0.05, 0.1) is 17.1 Å². The maximum absolute atomic E-state index is 13.0. The van der Waals surface area contributed by atoms with Crippen LogP contribution in [0.25, 0.3) is 0 Å². The zero-order valence-electron chi connectivity index (χ0n) is 21.5. The third-order valence-corrected chi connectivity index (χ3v) is 8.69. The Bertz CT molecular complexity index is 1110. The van der Waals surface area contributed by atoms with E-state index in [2.05, 4.69) is 0 Å². The lowest BCUT2D eigenvalue weighted by molar-refractivity contribution is -0.205. The van der Waals surface area contributed by atoms with Crippen molar-refractivity contribution in [1.82, 2.24) is 0 Å². The maximum Gasteiger partial charge on any atom is 0.342 e. The molecule has 5 aliphatic rings. The van der Waals surface area contributed by atoms with E-state index in [9.17, 15) is 19.2 Å². The predicted octanol–water partition coefficient (Wildman–Crippen LogP) is 1.93. The normalized spacial score (nSPS) is 50.4. The Labute approximate surface area is 209 Å². The molecular weight excluding hydrogens is 472 g/mol. The fourth-order valence-electron chi connectivity index (χ4n) is 6.93. The molecule has 10 nitrogen and oxygen atoms in total. The molecule has 4 fully saturated rings. The highest BCUT2D eigenvalue weighted by Crippen LogP contribution is 2.69. The molecule has 0 N–H and O–H groups in total. The van der Waals surface area contributed by atoms with Crippen molar-refractivity contribution in [3.05, 3.63) is 23.8 Å². The van der Waals surface area contributed by atoms with E-state index in [-0.39, 0.29) is 6.10 Å². The van der Waals surface area contributed by atoms with Gasteiger partial charge in [-0.15, -0.1) is 0 Å². The fourth-order valence-corrected chi connectivity index (χ4v) is 6.93. The molecule has 3 aliphatic heterocycles. The lowest BCUT2D eigenvalue weighted by atomic mass is 9.54. The van der Waals surface area contributed by atoms with E-state index in [1.807, 2.05) is 20.8 Å². The van der Waals surface area contributed by atoms with Crippen LogP contribution in [0.15, 0.2) is 23.8 Å². The number of carbonyl (C=O) groups is 4. The Kier molecular flexibility index (Phi) is 5.30. The Balaban J connectivity index is 1.78. The third-order valence-electron chi connectivity index (χ3n) is 8.69. The summed E-state index contributed by atoms with van der Waals surface area (Å²) in [5, 5.41) is 0. The van der Waals surface area contributed by atoms with Gasteiger partial charge in [0, 0.05) is 33.1 Å². The molecule has 2 aliphatic carbocycles. The predicted molar refractivity (Wildman–Crippen MR) is 121 cm³/mol. The van der Waals surface area contributed by atoms with Crippen molar-refractivity contribution in [1.29, 1.82) is 0 Å². The number of hydrogen-bond donors (Lipinski definition) is 0. The van der Waals surface area contributed by atoms with E-state index >= 15 is 0 Å². The minimum atomic E-state index is -1.36. The van der Waals surface area contributed by atoms with Crippen molar-refractivity contribution >= 4 is 23.9 Å². The van der Waals surface area contributed by atoms with Crippen LogP contribution in [0.4, 0.5) is 0 Å². The molecule has 3 heterocycles. The first-order valence-corrected chi connectivity index (χ1v) is 12.2. The molecule has 0 aromatic carbocycles. The quantitative estimate of drug-likeness (QED) is 0.319. The summed E-state index contributed by atoms with van der Waals surface area (Å²) in [6.45, 7) is 11.1. The van der Waals surface area contributed by atoms with E-state index < -0.39 is 76.4 Å². The van der Waals surface area contributed by atoms with Crippen LogP contribution in [0.5, 0.6) is 0 Å². The summed E-state index contributed by atoms with van der Waals surface area (Å²) in [6.07, 6.45) is 1.77. The van der Waals surface area contributed by atoms with Gasteiger partial charge in [0.2, 0.25) is 0 Å². The van der Waals surface area contributed by atoms with Gasteiger partial charge in [0.1, 0.15) is 18.3 Å². The molecule has 5 rings (SSSR count). The van der Waals surface area contributed by atoms with Gasteiger partial charge in [-0.1, -0.05) is 18.6 Å². The molecule has 0 aromatic rings. The zero-order valence-corrected chi connectivity index (χ0v) is 21.5. The second-order valence-corrected chi connectivity index (χ2v) is 11.1. The maximum atomic E-state index is 13.0. The van der Waals surface area contributed by atoms with Crippen molar-refractivity contribution in [3.8, 4) is 0 Å². The van der Waals surface area contributed by atoms with E-state index in [1.54, 1.807) is 25.2 Å². The number of ether oxygens (including phenoxy) is 6. The van der Waals surface area contributed by atoms with Crippen molar-refractivity contribution in [2.24, 2.45) is 11.3 Å². The first kappa shape index (κ1) is 25.0. The molecule has 0 bridgehead atoms. The summed E-state index contributed by atoms with van der Waals surface area (Å²) in [5.74, 6) is -2.88. The molecule has 1 saturated carbocycles. The fraction of sp³-hybridized carbons (Fsp3) is 0.692. The van der Waals surface area contributed by atoms with Crippen LogP contribution in [0.2, 0.25) is 0 Å². The minimum Gasteiger partial charge on any atom is -0.462 e. The summed E-state index contributed by atoms with van der Waals surface area (Å²) in [5.41, 5.74) is -3.95. The van der Waals surface area contributed by atoms with Crippen LogP contribution < -0.4 is 0 Å². The van der Waals surface area contributed by atoms with Crippen LogP contribution >= 0.6 is 0 Å². The molecule has 10 heteroatoms. The first-order valence-electron chi connectivity index (χ1n) is 12.2. The summed E-state index contributed by atoms with van der Waals surface area (Å²) >= 11 is 0. The standard InChI is InChI=1S/C26H32O10/c1-12-8-9-16(31-13(2)27)23(5)17(32-14(3)28)11-18-24(6,35-18)20(23)21(33-15(4)29)26-19(10-12)34-22(30)25(26,7)36-26/h8-10,16-21H,11H2,1-7H3/b9-8-,12-10-/t16-,17-,18+,19-,20+,21-,23-,24+,25?,26+/m0/s1. The van der Waals surface area contributed by atoms with Gasteiger partial charge in [-0.2, -0.15) is 0 Å². The number of allylic oxidation sites excluding steroid dienone is 2. The molecule has 196 valence electrons. The highest BCUT2D eigenvalue weighted by molar-refractivity contribution is 5.89. The molecule has 0 radical (unpaired) electrons. The number of rotatable bonds is 3. The third kappa shape index (κ3) is 3.23. The van der Waals surface area contributed by atoms with Crippen molar-refractivity contribution in [2.45, 2.75) is 102 Å². The molecular formula is C26H32O10. The molecule has 0 aromatic heterocycles. The van der Waals surface area contributed by atoms with Gasteiger partial charge >= 0.3 is 23.9 Å². The van der Waals surface area contributed by atoms with Gasteiger partial charge in [-0.3, -0.25) is 14.4 Å². The topological polar surface area (TPSA) is 130 Å². The van der Waals surface area contributed by atoms with Gasteiger partial charge in [-0.25, -0.2) is 4.79 Å². The van der Waals surface area contributed by atoms with Crippen LogP contribution in [0.3, 0.4) is 0 Å². The number of fused-ring (bicyclic) bond motifs is 3. The highest BCUT2D eigenvalue weighted by atomic mass is 16.7. The Morgan fingerprint density at radius 3 is 2.22 bits per heavy atom. The Morgan fingerprint density at radius 1 is 1.00 bits per heavy atom. The Morgan fingerprint density at radius 2 is 1.64 bits per heavy atom. The summed E-state index contributed by atoms with van der Waals surface area (Å²) in [6, 6.07) is 0. The highest BCUT2D eigenvalue weighted by Gasteiger charge is 2.89. The van der Waals surface area contributed by atoms with Crippen LogP contribution in [0.1, 0.15) is 54.9 Å². The molecule has 1 spiro atoms. The number of epoxide rings is 2. The van der Waals surface area contributed by atoms with Crippen molar-refractivity contribution in [2.75, 3.05) is 0 Å². The number of carbonyl (C=O) groups excluding carboxylic acids is 4. The van der Waals surface area contributed by atoms with Crippen molar-refractivity contribution in [3.63, 3.8) is 0 Å². The average Bonchev–Trinajstić information content (AvgIpc) is 3.58. The van der Waals surface area contributed by atoms with Gasteiger partial charge in [0.25, 0.3) is 0 Å². The monoisotopic (exact) mass is 504 g/mol. The molecule has 1 unspecified atom stereocenters. The van der Waals surface area contributed by atoms with Crippen molar-refractivity contribution < 1.29 is 47.6 Å². The van der Waals surface area contributed by atoms with E-state index in [1.165, 1.54) is 20.8 Å². The van der Waals surface area contributed by atoms with E-state index in [0.717, 1.165) is 5.57 Å². The molecule has 36 heavy (non-hydrogen) atoms. The van der Waals surface area contributed by atoms with Gasteiger partial charge in [0.15, 0.2) is 17.3 Å². The average molecular weight is 505 g/mol.